The van der Waals surface area contributed by atoms with Gasteiger partial charge in [0.2, 0.25) is 5.95 Å². The number of hydrogen-bond donors (Lipinski definition) is 1. The molecule has 0 spiro atoms. The first-order valence-electron chi connectivity index (χ1n) is 5.36. The molecule has 1 aromatic rings. The second-order valence-electron chi connectivity index (χ2n) is 3.67. The number of hydrogen-bond acceptors (Lipinski definition) is 2. The van der Waals surface area contributed by atoms with Crippen LogP contribution in [0.3, 0.4) is 0 Å². The van der Waals surface area contributed by atoms with Crippen molar-refractivity contribution in [3.05, 3.63) is 29.8 Å². The number of alkyl halides is 3. The normalized spacial score (nSPS) is 11.3. The summed E-state index contributed by atoms with van der Waals surface area (Å²) in [6, 6.07) is 3.76. The van der Waals surface area contributed by atoms with Crippen molar-refractivity contribution < 1.29 is 22.4 Å². The van der Waals surface area contributed by atoms with E-state index in [2.05, 4.69) is 10.3 Å². The molecule has 100 valence electrons. The molecule has 0 aliphatic carbocycles. The smallest absolute Gasteiger partial charge is 0.351 e. The zero-order valence-electron chi connectivity index (χ0n) is 9.43. The number of nitrogens with one attached hydrogen (secondary N) is 1. The molecule has 1 N–H and O–H groups in total. The summed E-state index contributed by atoms with van der Waals surface area (Å²) < 4.78 is 48.1. The third-order valence-electron chi connectivity index (χ3n) is 2.12. The van der Waals surface area contributed by atoms with Gasteiger partial charge < -0.3 is 5.32 Å². The van der Waals surface area contributed by atoms with Gasteiger partial charge >= 0.3 is 6.18 Å². The van der Waals surface area contributed by atoms with Crippen LogP contribution in [0.1, 0.15) is 29.8 Å². The summed E-state index contributed by atoms with van der Waals surface area (Å²) in [5.41, 5.74) is -0.0918. The van der Waals surface area contributed by atoms with Gasteiger partial charge in [-0.3, -0.25) is 4.79 Å². The van der Waals surface area contributed by atoms with Crippen LogP contribution in [-0.2, 0) is 0 Å². The van der Waals surface area contributed by atoms with Gasteiger partial charge in [0.25, 0.3) is 5.91 Å². The van der Waals surface area contributed by atoms with Gasteiger partial charge in [-0.2, -0.15) is 17.6 Å². The molecule has 0 fully saturated rings. The Labute approximate surface area is 101 Å². The molecule has 0 aliphatic heterocycles. The van der Waals surface area contributed by atoms with Crippen molar-refractivity contribution in [2.75, 3.05) is 6.54 Å². The molecule has 0 bridgehead atoms. The highest BCUT2D eigenvalue weighted by Gasteiger charge is 2.25. The molecule has 1 aromatic heterocycles. The minimum Gasteiger partial charge on any atom is -0.351 e. The molecule has 0 atom stereocenters. The standard InChI is InChI=1S/C11H12F4N2O/c12-9-5-3-4-8(17-9)10(18)16-7-2-1-6-11(13,14)15/h3-5H,1-2,6-7H2,(H,16,18). The highest BCUT2D eigenvalue weighted by molar-refractivity contribution is 5.92. The number of carbonyl (C=O) groups is 1. The monoisotopic (exact) mass is 264 g/mol. The van der Waals surface area contributed by atoms with Crippen LogP contribution in [-0.4, -0.2) is 23.6 Å². The maximum atomic E-state index is 12.7. The second-order valence-corrected chi connectivity index (χ2v) is 3.67. The van der Waals surface area contributed by atoms with E-state index < -0.39 is 24.5 Å². The van der Waals surface area contributed by atoms with Gasteiger partial charge in [0, 0.05) is 13.0 Å². The maximum absolute atomic E-state index is 12.7. The molecule has 0 unspecified atom stereocenters. The molecule has 0 saturated carbocycles. The quantitative estimate of drug-likeness (QED) is 0.504. The van der Waals surface area contributed by atoms with Gasteiger partial charge in [0.15, 0.2) is 0 Å². The van der Waals surface area contributed by atoms with E-state index in [0.717, 1.165) is 6.07 Å². The average molecular weight is 264 g/mol. The van der Waals surface area contributed by atoms with Crippen molar-refractivity contribution in [3.63, 3.8) is 0 Å². The summed E-state index contributed by atoms with van der Waals surface area (Å²) in [7, 11) is 0. The van der Waals surface area contributed by atoms with Crippen molar-refractivity contribution in [2.24, 2.45) is 0 Å². The number of pyridine rings is 1. The number of rotatable bonds is 5. The van der Waals surface area contributed by atoms with Crippen molar-refractivity contribution in [3.8, 4) is 0 Å². The fourth-order valence-corrected chi connectivity index (χ4v) is 1.28. The Kier molecular flexibility index (Phi) is 5.06. The Morgan fingerprint density at radius 2 is 2.00 bits per heavy atom. The highest BCUT2D eigenvalue weighted by atomic mass is 19.4. The number of nitrogens with zero attached hydrogens (tertiary/aromatic N) is 1. The van der Waals surface area contributed by atoms with Crippen LogP contribution in [0.15, 0.2) is 18.2 Å². The Morgan fingerprint density at radius 3 is 2.61 bits per heavy atom. The third-order valence-corrected chi connectivity index (χ3v) is 2.12. The van der Waals surface area contributed by atoms with Gasteiger partial charge in [0.1, 0.15) is 5.69 Å². The third kappa shape index (κ3) is 5.60. The molecule has 0 aliphatic rings. The predicted molar refractivity (Wildman–Crippen MR) is 56.4 cm³/mol. The molecule has 0 aromatic carbocycles. The van der Waals surface area contributed by atoms with Gasteiger partial charge in [-0.05, 0) is 25.0 Å². The molecule has 0 radical (unpaired) electrons. The SMILES string of the molecule is O=C(NCCCCC(F)(F)F)c1cccc(F)n1. The van der Waals surface area contributed by atoms with Gasteiger partial charge in [0.05, 0.1) is 0 Å². The van der Waals surface area contributed by atoms with E-state index >= 15 is 0 Å². The van der Waals surface area contributed by atoms with Gasteiger partial charge in [-0.15, -0.1) is 0 Å². The molecule has 0 saturated heterocycles. The van der Waals surface area contributed by atoms with Crippen LogP contribution in [0.25, 0.3) is 0 Å². The number of halogens is 4. The first-order valence-corrected chi connectivity index (χ1v) is 5.36. The summed E-state index contributed by atoms with van der Waals surface area (Å²) in [5, 5.41) is 2.38. The average Bonchev–Trinajstić information content (AvgIpc) is 2.26. The number of amides is 1. The second kappa shape index (κ2) is 6.32. The van der Waals surface area contributed by atoms with Gasteiger partial charge in [-0.1, -0.05) is 6.07 Å². The Balaban J connectivity index is 2.26. The van der Waals surface area contributed by atoms with Crippen LogP contribution in [0, 0.1) is 5.95 Å². The van der Waals surface area contributed by atoms with Gasteiger partial charge in [-0.25, -0.2) is 4.98 Å². The van der Waals surface area contributed by atoms with E-state index in [9.17, 15) is 22.4 Å². The zero-order chi connectivity index (χ0) is 13.6. The molecule has 7 heteroatoms. The Bertz CT molecular complexity index is 406. The fourth-order valence-electron chi connectivity index (χ4n) is 1.28. The lowest BCUT2D eigenvalue weighted by molar-refractivity contribution is -0.135. The molecule has 18 heavy (non-hydrogen) atoms. The minimum absolute atomic E-state index is 0.0552. The summed E-state index contributed by atoms with van der Waals surface area (Å²) in [6.45, 7) is 0.104. The predicted octanol–water partition coefficient (Wildman–Crippen LogP) is 2.68. The molecule has 3 nitrogen and oxygen atoms in total. The van der Waals surface area contributed by atoms with Crippen LogP contribution in [0.5, 0.6) is 0 Å². The van der Waals surface area contributed by atoms with E-state index in [1.165, 1.54) is 12.1 Å². The van der Waals surface area contributed by atoms with E-state index in [-0.39, 0.29) is 25.1 Å². The lowest BCUT2D eigenvalue weighted by Crippen LogP contribution is -2.25. The van der Waals surface area contributed by atoms with Crippen LogP contribution in [0.2, 0.25) is 0 Å². The number of unbranched alkanes of at least 4 members (excludes halogenated alkanes) is 1. The largest absolute Gasteiger partial charge is 0.389 e. The number of aromatic nitrogens is 1. The van der Waals surface area contributed by atoms with Crippen LogP contribution < -0.4 is 5.32 Å². The zero-order valence-corrected chi connectivity index (χ0v) is 9.43. The van der Waals surface area contributed by atoms with Crippen molar-refractivity contribution in [1.29, 1.82) is 0 Å². The van der Waals surface area contributed by atoms with Crippen molar-refractivity contribution >= 4 is 5.91 Å². The van der Waals surface area contributed by atoms with E-state index in [1.807, 2.05) is 0 Å². The van der Waals surface area contributed by atoms with Crippen LogP contribution in [0.4, 0.5) is 17.6 Å². The molecule has 1 amide bonds. The summed E-state index contributed by atoms with van der Waals surface area (Å²) in [4.78, 5) is 14.7. The molecule has 1 heterocycles. The topological polar surface area (TPSA) is 42.0 Å². The molecular weight excluding hydrogens is 252 g/mol. The van der Waals surface area contributed by atoms with Crippen molar-refractivity contribution in [1.82, 2.24) is 10.3 Å². The highest BCUT2D eigenvalue weighted by Crippen LogP contribution is 2.21. The molecule has 1 rings (SSSR count). The first kappa shape index (κ1) is 14.4. The number of carbonyl (C=O) groups excluding carboxylic acids is 1. The lowest BCUT2D eigenvalue weighted by atomic mass is 10.2. The summed E-state index contributed by atoms with van der Waals surface area (Å²) in [5.74, 6) is -1.37. The Morgan fingerprint density at radius 1 is 1.28 bits per heavy atom. The first-order chi connectivity index (χ1) is 8.38. The van der Waals surface area contributed by atoms with Crippen molar-refractivity contribution in [2.45, 2.75) is 25.4 Å². The maximum Gasteiger partial charge on any atom is 0.389 e. The Hall–Kier alpha value is -1.66. The van der Waals surface area contributed by atoms with E-state index in [4.69, 9.17) is 0 Å². The summed E-state index contributed by atoms with van der Waals surface area (Å²) >= 11 is 0. The fraction of sp³-hybridized carbons (Fsp3) is 0.455. The lowest BCUT2D eigenvalue weighted by Gasteiger charge is -2.06. The van der Waals surface area contributed by atoms with E-state index in [0.29, 0.717) is 0 Å². The van der Waals surface area contributed by atoms with Crippen LogP contribution >= 0.6 is 0 Å². The minimum atomic E-state index is -4.17. The summed E-state index contributed by atoms with van der Waals surface area (Å²) in [6.07, 6.45) is -4.89. The van der Waals surface area contributed by atoms with E-state index in [1.54, 1.807) is 0 Å². The molecular formula is C11H12F4N2O.